The van der Waals surface area contributed by atoms with Gasteiger partial charge >= 0.3 is 12.1 Å². The monoisotopic (exact) mass is 595 g/mol. The zero-order valence-corrected chi connectivity index (χ0v) is 25.0. The van der Waals surface area contributed by atoms with Crippen LogP contribution < -0.4 is 16.0 Å². The molecule has 1 atom stereocenters. The highest BCUT2D eigenvalue weighted by molar-refractivity contribution is 6.03. The summed E-state index contributed by atoms with van der Waals surface area (Å²) in [5.41, 5.74) is 2.51. The summed E-state index contributed by atoms with van der Waals surface area (Å²) in [6.07, 6.45) is 2.57. The second-order valence-corrected chi connectivity index (χ2v) is 11.4. The van der Waals surface area contributed by atoms with Gasteiger partial charge in [-0.2, -0.15) is 0 Å². The van der Waals surface area contributed by atoms with Crippen LogP contribution in [0.3, 0.4) is 0 Å². The van der Waals surface area contributed by atoms with E-state index in [1.54, 1.807) is 0 Å². The number of likely N-dealkylation sites (tertiary alicyclic amines) is 1. The van der Waals surface area contributed by atoms with Crippen molar-refractivity contribution in [1.29, 1.82) is 0 Å². The lowest BCUT2D eigenvalue weighted by Gasteiger charge is -2.36. The third-order valence-electron chi connectivity index (χ3n) is 7.97. The van der Waals surface area contributed by atoms with Gasteiger partial charge in [-0.15, -0.1) is 0 Å². The molecule has 5 amide bonds. The summed E-state index contributed by atoms with van der Waals surface area (Å²) in [6, 6.07) is 8.40. The molecule has 2 heterocycles. The number of nitrogens with one attached hydrogen (secondary N) is 3. The number of piperidine rings is 1. The number of benzene rings is 2. The minimum absolute atomic E-state index is 0.00859. The summed E-state index contributed by atoms with van der Waals surface area (Å²) in [5, 5.41) is 8.25. The second kappa shape index (κ2) is 13.9. The Morgan fingerprint density at radius 3 is 2.40 bits per heavy atom. The lowest BCUT2D eigenvalue weighted by atomic mass is 9.89. The number of allylic oxidation sites excluding steroid dienone is 1. The first-order valence-corrected chi connectivity index (χ1v) is 14.6. The van der Waals surface area contributed by atoms with E-state index in [0.717, 1.165) is 55.2 Å². The SMILES string of the molecule is CC(=O)C1=C(C)NC(=O)N(C(=O)NCCCN2CCC(c3cccc(NC(=O)C(C)C)c3)CC2)C1c1ccc(F)c(F)c1. The summed E-state index contributed by atoms with van der Waals surface area (Å²) in [4.78, 5) is 53.8. The van der Waals surface area contributed by atoms with E-state index in [1.807, 2.05) is 26.0 Å². The van der Waals surface area contributed by atoms with Gasteiger partial charge in [-0.3, -0.25) is 9.59 Å². The van der Waals surface area contributed by atoms with Crippen LogP contribution in [0.4, 0.5) is 24.1 Å². The predicted octanol–water partition coefficient (Wildman–Crippen LogP) is 5.47. The lowest BCUT2D eigenvalue weighted by molar-refractivity contribution is -0.119. The average Bonchev–Trinajstić information content (AvgIpc) is 2.96. The minimum atomic E-state index is -1.20. The summed E-state index contributed by atoms with van der Waals surface area (Å²) < 4.78 is 27.7. The molecule has 1 unspecified atom stereocenters. The zero-order chi connectivity index (χ0) is 31.3. The zero-order valence-electron chi connectivity index (χ0n) is 25.0. The molecule has 0 bridgehead atoms. The van der Waals surface area contributed by atoms with E-state index in [0.29, 0.717) is 12.3 Å². The van der Waals surface area contributed by atoms with Crippen LogP contribution in [0.2, 0.25) is 0 Å². The molecule has 2 aliphatic heterocycles. The third-order valence-corrected chi connectivity index (χ3v) is 7.97. The Kier molecular flexibility index (Phi) is 10.3. The first-order chi connectivity index (χ1) is 20.5. The molecule has 9 nitrogen and oxygen atoms in total. The summed E-state index contributed by atoms with van der Waals surface area (Å²) in [7, 11) is 0. The molecular formula is C32H39F2N5O4. The van der Waals surface area contributed by atoms with Crippen LogP contribution >= 0.6 is 0 Å². The van der Waals surface area contributed by atoms with Gasteiger partial charge in [-0.25, -0.2) is 23.3 Å². The number of carbonyl (C=O) groups excluding carboxylic acids is 4. The van der Waals surface area contributed by atoms with E-state index >= 15 is 0 Å². The summed E-state index contributed by atoms with van der Waals surface area (Å²) >= 11 is 0. The molecule has 1 saturated heterocycles. The largest absolute Gasteiger partial charge is 0.337 e. The Hall–Kier alpha value is -4.12. The van der Waals surface area contributed by atoms with Crippen molar-refractivity contribution in [1.82, 2.24) is 20.4 Å². The Morgan fingerprint density at radius 2 is 1.74 bits per heavy atom. The number of hydrogen-bond acceptors (Lipinski definition) is 5. The highest BCUT2D eigenvalue weighted by atomic mass is 19.2. The minimum Gasteiger partial charge on any atom is -0.337 e. The number of hydrogen-bond donors (Lipinski definition) is 3. The number of amides is 5. The van der Waals surface area contributed by atoms with Crippen LogP contribution in [0.15, 0.2) is 53.7 Å². The van der Waals surface area contributed by atoms with E-state index in [1.165, 1.54) is 25.5 Å². The molecule has 43 heavy (non-hydrogen) atoms. The molecular weight excluding hydrogens is 556 g/mol. The summed E-state index contributed by atoms with van der Waals surface area (Å²) in [5.74, 6) is -2.32. The Balaban J connectivity index is 1.31. The fraction of sp³-hybridized carbons (Fsp3) is 0.438. The van der Waals surface area contributed by atoms with Gasteiger partial charge in [0, 0.05) is 29.4 Å². The van der Waals surface area contributed by atoms with Crippen molar-refractivity contribution in [3.05, 3.63) is 76.5 Å². The second-order valence-electron chi connectivity index (χ2n) is 11.4. The molecule has 2 aliphatic rings. The van der Waals surface area contributed by atoms with Gasteiger partial charge in [0.15, 0.2) is 17.4 Å². The molecule has 11 heteroatoms. The van der Waals surface area contributed by atoms with Gasteiger partial charge in [0.1, 0.15) is 0 Å². The first-order valence-electron chi connectivity index (χ1n) is 14.6. The Labute approximate surface area is 250 Å². The number of Topliss-reactive ketones (excluding diaryl/α,β-unsaturated/α-hetero) is 1. The highest BCUT2D eigenvalue weighted by Gasteiger charge is 2.40. The number of carbonyl (C=O) groups is 4. The first kappa shape index (κ1) is 31.8. The maximum Gasteiger partial charge on any atom is 0.330 e. The molecule has 1 fully saturated rings. The van der Waals surface area contributed by atoms with E-state index in [9.17, 15) is 28.0 Å². The van der Waals surface area contributed by atoms with Crippen LogP contribution in [0.25, 0.3) is 0 Å². The molecule has 0 aromatic heterocycles. The van der Waals surface area contributed by atoms with Crippen molar-refractivity contribution >= 4 is 29.4 Å². The van der Waals surface area contributed by atoms with Gasteiger partial charge in [0.2, 0.25) is 5.91 Å². The molecule has 0 radical (unpaired) electrons. The van der Waals surface area contributed by atoms with Crippen molar-refractivity contribution in [3.8, 4) is 0 Å². The molecule has 0 aliphatic carbocycles. The van der Waals surface area contributed by atoms with E-state index in [2.05, 4.69) is 33.0 Å². The number of urea groups is 2. The van der Waals surface area contributed by atoms with Crippen LogP contribution in [-0.4, -0.2) is 59.7 Å². The van der Waals surface area contributed by atoms with Gasteiger partial charge < -0.3 is 20.9 Å². The van der Waals surface area contributed by atoms with Crippen molar-refractivity contribution in [2.75, 3.05) is 31.5 Å². The fourth-order valence-electron chi connectivity index (χ4n) is 5.63. The van der Waals surface area contributed by atoms with Crippen LogP contribution in [-0.2, 0) is 9.59 Å². The van der Waals surface area contributed by atoms with E-state index in [-0.39, 0.29) is 35.2 Å². The molecule has 230 valence electrons. The highest BCUT2D eigenvalue weighted by Crippen LogP contribution is 2.35. The number of anilines is 1. The molecule has 0 saturated carbocycles. The smallest absolute Gasteiger partial charge is 0.330 e. The maximum atomic E-state index is 14.1. The van der Waals surface area contributed by atoms with Crippen molar-refractivity contribution in [2.24, 2.45) is 5.92 Å². The Morgan fingerprint density at radius 1 is 1.02 bits per heavy atom. The van der Waals surface area contributed by atoms with Crippen molar-refractivity contribution in [2.45, 2.75) is 58.9 Å². The van der Waals surface area contributed by atoms with Crippen molar-refractivity contribution < 1.29 is 28.0 Å². The maximum absolute atomic E-state index is 14.1. The van der Waals surface area contributed by atoms with Gasteiger partial charge in [0.25, 0.3) is 0 Å². The van der Waals surface area contributed by atoms with Crippen LogP contribution in [0, 0.1) is 17.6 Å². The molecule has 0 spiro atoms. The topological polar surface area (TPSA) is 111 Å². The number of imide groups is 1. The van der Waals surface area contributed by atoms with Gasteiger partial charge in [-0.1, -0.05) is 32.0 Å². The molecule has 4 rings (SSSR count). The quantitative estimate of drug-likeness (QED) is 0.333. The fourth-order valence-corrected chi connectivity index (χ4v) is 5.63. The predicted molar refractivity (Wildman–Crippen MR) is 159 cm³/mol. The van der Waals surface area contributed by atoms with Gasteiger partial charge in [0.05, 0.1) is 6.04 Å². The average molecular weight is 596 g/mol. The number of nitrogens with zero attached hydrogens (tertiary/aromatic N) is 2. The standard InChI is InChI=1S/C32H39F2N5O4/c1-19(2)30(41)37-25-8-5-7-23(17-25)22-11-15-38(16-12-22)14-6-13-35-31(42)39-29(24-9-10-26(33)27(34)18-24)28(21(4)40)20(3)36-32(39)43/h5,7-10,17-19,22,29H,6,11-16H2,1-4H3,(H,35,42)(H,36,43)(H,37,41). The number of ketones is 1. The Bertz CT molecular complexity index is 1420. The van der Waals surface area contributed by atoms with E-state index in [4.69, 9.17) is 0 Å². The molecule has 2 aromatic rings. The van der Waals surface area contributed by atoms with E-state index < -0.39 is 35.5 Å². The van der Waals surface area contributed by atoms with Crippen LogP contribution in [0.1, 0.15) is 70.0 Å². The third kappa shape index (κ3) is 7.64. The number of rotatable bonds is 9. The summed E-state index contributed by atoms with van der Waals surface area (Å²) in [6.45, 7) is 9.35. The molecule has 3 N–H and O–H groups in total. The van der Waals surface area contributed by atoms with Crippen molar-refractivity contribution in [3.63, 3.8) is 0 Å². The molecule has 2 aromatic carbocycles. The van der Waals surface area contributed by atoms with Gasteiger partial charge in [-0.05, 0) is 94.1 Å². The number of halogens is 2. The van der Waals surface area contributed by atoms with Crippen LogP contribution in [0.5, 0.6) is 0 Å². The lowest BCUT2D eigenvalue weighted by Crippen LogP contribution is -2.54. The normalized spacial score (nSPS) is 18.1.